The van der Waals surface area contributed by atoms with Crippen molar-refractivity contribution < 1.29 is 9.59 Å². The average molecular weight is 633 g/mol. The number of nitriles is 1. The third-order valence-electron chi connectivity index (χ3n) is 9.45. The van der Waals surface area contributed by atoms with Crippen molar-refractivity contribution in [2.75, 3.05) is 4.90 Å². The fourth-order valence-electron chi connectivity index (χ4n) is 7.59. The number of rotatable bonds is 4. The van der Waals surface area contributed by atoms with Gasteiger partial charge in [-0.2, -0.15) is 5.26 Å². The van der Waals surface area contributed by atoms with Gasteiger partial charge < -0.3 is 4.57 Å². The number of fused-ring (bicyclic) bond motifs is 4. The highest BCUT2D eigenvalue weighted by atomic mass is 16.2. The highest BCUT2D eigenvalue weighted by Crippen LogP contribution is 2.46. The molecule has 0 atom stereocenters. The van der Waals surface area contributed by atoms with E-state index in [1.807, 2.05) is 118 Å². The molecule has 49 heavy (non-hydrogen) atoms. The summed E-state index contributed by atoms with van der Waals surface area (Å²) in [5, 5.41) is 12.0. The Kier molecular flexibility index (Phi) is 6.77. The molecule has 1 aliphatic heterocycles. The summed E-state index contributed by atoms with van der Waals surface area (Å²) < 4.78 is 2.06. The zero-order chi connectivity index (χ0) is 34.0. The molecule has 6 heteroatoms. The summed E-state index contributed by atoms with van der Waals surface area (Å²) in [6, 6.07) is 38.7. The van der Waals surface area contributed by atoms with E-state index in [2.05, 4.69) is 15.5 Å². The second-order valence-electron chi connectivity index (χ2n) is 12.4. The van der Waals surface area contributed by atoms with Gasteiger partial charge in [0.15, 0.2) is 5.69 Å². The summed E-state index contributed by atoms with van der Waals surface area (Å²) in [5.74, 6) is -0.763. The number of imide groups is 1. The molecule has 8 rings (SSSR count). The van der Waals surface area contributed by atoms with Crippen molar-refractivity contribution in [1.29, 1.82) is 5.26 Å². The minimum Gasteiger partial charge on any atom is -0.307 e. The fourth-order valence-corrected chi connectivity index (χ4v) is 7.59. The molecule has 232 valence electrons. The van der Waals surface area contributed by atoms with E-state index in [4.69, 9.17) is 6.57 Å². The molecule has 2 amide bonds. The number of hydrogen-bond donors (Lipinski definition) is 0. The first-order valence-electron chi connectivity index (χ1n) is 16.0. The predicted molar refractivity (Wildman–Crippen MR) is 194 cm³/mol. The van der Waals surface area contributed by atoms with E-state index < -0.39 is 5.91 Å². The van der Waals surface area contributed by atoms with Crippen LogP contribution in [0.5, 0.6) is 0 Å². The maximum atomic E-state index is 14.7. The van der Waals surface area contributed by atoms with E-state index in [-0.39, 0.29) is 5.91 Å². The molecular formula is C43H28N4O2. The minimum atomic E-state index is -0.394. The van der Waals surface area contributed by atoms with Gasteiger partial charge in [0.1, 0.15) is 0 Å². The van der Waals surface area contributed by atoms with Crippen molar-refractivity contribution in [3.8, 4) is 34.0 Å². The molecule has 1 aliphatic rings. The second kappa shape index (κ2) is 11.2. The largest absolute Gasteiger partial charge is 0.307 e. The van der Waals surface area contributed by atoms with Crippen LogP contribution >= 0.6 is 0 Å². The number of aryl methyl sites for hydroxylation is 3. The first-order valence-corrected chi connectivity index (χ1v) is 16.0. The SMILES string of the molecule is [C-]#[N+]c1ccccc1-c1cccc2c3cccc(-c4ccccc4C#N)c3n(-c3cccc4c3C(=O)N(c3c(C)cc(C)cc3C)C4=O)c12. The fraction of sp³-hybridized carbons (Fsp3) is 0.0698. The van der Waals surface area contributed by atoms with Gasteiger partial charge in [0.2, 0.25) is 0 Å². The first-order chi connectivity index (χ1) is 23.8. The molecule has 7 aromatic rings. The standard InChI is InChI=1S/C43H28N4O2/c1-25-22-26(2)39(27(3)23-25)47-42(48)35-19-11-21-37(38(35)43(47)49)46-40-31(29-13-6-5-12-28(29)24-44)15-9-17-33(40)34-18-10-16-32(41(34)46)30-14-7-8-20-36(30)45-4/h5-23H,1-3H3. The first kappa shape index (κ1) is 29.6. The Hall–Kier alpha value is -6.76. The number of aromatic nitrogens is 1. The van der Waals surface area contributed by atoms with E-state index in [1.54, 1.807) is 18.2 Å². The van der Waals surface area contributed by atoms with Crippen molar-refractivity contribution in [2.24, 2.45) is 0 Å². The van der Waals surface area contributed by atoms with Gasteiger partial charge in [0.25, 0.3) is 11.8 Å². The summed E-state index contributed by atoms with van der Waals surface area (Å²) in [7, 11) is 0. The quantitative estimate of drug-likeness (QED) is 0.143. The van der Waals surface area contributed by atoms with Gasteiger partial charge >= 0.3 is 0 Å². The molecule has 0 saturated heterocycles. The summed E-state index contributed by atoms with van der Waals surface area (Å²) in [4.78, 5) is 34.1. The molecule has 0 fully saturated rings. The molecule has 0 N–H and O–H groups in total. The van der Waals surface area contributed by atoms with Crippen LogP contribution in [0.15, 0.2) is 115 Å². The Morgan fingerprint density at radius 1 is 0.633 bits per heavy atom. The number of para-hydroxylation sites is 3. The molecule has 6 nitrogen and oxygen atoms in total. The topological polar surface area (TPSA) is 70.5 Å². The van der Waals surface area contributed by atoms with Crippen LogP contribution in [0.25, 0.3) is 54.6 Å². The van der Waals surface area contributed by atoms with E-state index >= 15 is 0 Å². The van der Waals surface area contributed by atoms with Gasteiger partial charge in [-0.05, 0) is 61.2 Å². The predicted octanol–water partition coefficient (Wildman–Crippen LogP) is 10.3. The van der Waals surface area contributed by atoms with Crippen LogP contribution in [0.1, 0.15) is 43.0 Å². The average Bonchev–Trinajstić information content (AvgIpc) is 3.59. The van der Waals surface area contributed by atoms with Gasteiger partial charge in [0.05, 0.1) is 51.7 Å². The molecule has 0 radical (unpaired) electrons. The van der Waals surface area contributed by atoms with Gasteiger partial charge in [-0.15, -0.1) is 0 Å². The molecule has 0 unspecified atom stereocenters. The van der Waals surface area contributed by atoms with Gasteiger partial charge in [-0.25, -0.2) is 9.74 Å². The highest BCUT2D eigenvalue weighted by molar-refractivity contribution is 6.36. The summed E-state index contributed by atoms with van der Waals surface area (Å²) in [6.07, 6.45) is 0. The normalized spacial score (nSPS) is 12.4. The molecule has 1 aromatic heterocycles. The van der Waals surface area contributed by atoms with Crippen molar-refractivity contribution in [3.63, 3.8) is 0 Å². The Labute approximate surface area is 283 Å². The van der Waals surface area contributed by atoms with Crippen LogP contribution in [-0.2, 0) is 0 Å². The number of nitrogens with zero attached hydrogens (tertiary/aromatic N) is 4. The lowest BCUT2D eigenvalue weighted by Gasteiger charge is -2.20. The molecular weight excluding hydrogens is 604 g/mol. The van der Waals surface area contributed by atoms with Crippen molar-refractivity contribution >= 4 is 45.0 Å². The second-order valence-corrected chi connectivity index (χ2v) is 12.4. The van der Waals surface area contributed by atoms with Gasteiger partial charge in [0, 0.05) is 21.9 Å². The van der Waals surface area contributed by atoms with Crippen molar-refractivity contribution in [1.82, 2.24) is 4.57 Å². The Morgan fingerprint density at radius 3 is 1.84 bits per heavy atom. The number of carbonyl (C=O) groups is 2. The zero-order valence-corrected chi connectivity index (χ0v) is 27.1. The monoisotopic (exact) mass is 632 g/mol. The number of anilines is 1. The number of amides is 2. The Bertz CT molecular complexity index is 2530. The van der Waals surface area contributed by atoms with Crippen molar-refractivity contribution in [3.05, 3.63) is 160 Å². The number of benzene rings is 6. The number of carbonyl (C=O) groups excluding carboxylic acids is 2. The molecule has 0 spiro atoms. The maximum Gasteiger partial charge on any atom is 0.268 e. The third-order valence-corrected chi connectivity index (χ3v) is 9.45. The van der Waals surface area contributed by atoms with Crippen LogP contribution in [0, 0.1) is 38.7 Å². The minimum absolute atomic E-state index is 0.308. The van der Waals surface area contributed by atoms with E-state index in [0.717, 1.165) is 60.8 Å². The van der Waals surface area contributed by atoms with Crippen LogP contribution in [-0.4, -0.2) is 16.4 Å². The zero-order valence-electron chi connectivity index (χ0n) is 27.1. The van der Waals surface area contributed by atoms with E-state index in [0.29, 0.717) is 33.8 Å². The lowest BCUT2D eigenvalue weighted by atomic mass is 9.97. The van der Waals surface area contributed by atoms with E-state index in [1.165, 1.54) is 4.90 Å². The lowest BCUT2D eigenvalue weighted by molar-refractivity contribution is 0.0925. The summed E-state index contributed by atoms with van der Waals surface area (Å²) >= 11 is 0. The maximum absolute atomic E-state index is 14.7. The van der Waals surface area contributed by atoms with Crippen LogP contribution < -0.4 is 4.90 Å². The smallest absolute Gasteiger partial charge is 0.268 e. The highest BCUT2D eigenvalue weighted by Gasteiger charge is 2.41. The van der Waals surface area contributed by atoms with Crippen LogP contribution in [0.2, 0.25) is 0 Å². The number of hydrogen-bond acceptors (Lipinski definition) is 3. The van der Waals surface area contributed by atoms with Gasteiger partial charge in [-0.1, -0.05) is 103 Å². The van der Waals surface area contributed by atoms with Crippen LogP contribution in [0.4, 0.5) is 11.4 Å². The molecule has 0 aliphatic carbocycles. The molecule has 0 bridgehead atoms. The van der Waals surface area contributed by atoms with Crippen molar-refractivity contribution in [2.45, 2.75) is 20.8 Å². The molecule has 0 saturated carbocycles. The Balaban J connectivity index is 1.53. The van der Waals surface area contributed by atoms with E-state index in [9.17, 15) is 14.9 Å². The Morgan fingerprint density at radius 2 is 1.18 bits per heavy atom. The molecule has 6 aromatic carbocycles. The van der Waals surface area contributed by atoms with Crippen LogP contribution in [0.3, 0.4) is 0 Å². The molecule has 2 heterocycles. The van der Waals surface area contributed by atoms with Gasteiger partial charge in [-0.3, -0.25) is 9.59 Å². The summed E-state index contributed by atoms with van der Waals surface area (Å²) in [6.45, 7) is 13.8. The lowest BCUT2D eigenvalue weighted by Crippen LogP contribution is -2.31. The third kappa shape index (κ3) is 4.32. The summed E-state index contributed by atoms with van der Waals surface area (Å²) in [5.41, 5.74) is 10.3.